The smallest absolute Gasteiger partial charge is 0.219 e. The van der Waals surface area contributed by atoms with Crippen molar-refractivity contribution >= 4 is 16.9 Å². The van der Waals surface area contributed by atoms with E-state index in [2.05, 4.69) is 12.1 Å². The van der Waals surface area contributed by atoms with E-state index in [1.807, 2.05) is 42.5 Å². The van der Waals surface area contributed by atoms with Crippen LogP contribution in [-0.4, -0.2) is 11.4 Å². The first-order valence-electron chi connectivity index (χ1n) is 5.05. The molecule has 1 nitrogen and oxygen atoms in total. The van der Waals surface area contributed by atoms with Gasteiger partial charge < -0.3 is 0 Å². The highest BCUT2D eigenvalue weighted by molar-refractivity contribution is 8.13. The lowest BCUT2D eigenvalue weighted by Crippen LogP contribution is -1.91. The van der Waals surface area contributed by atoms with E-state index in [0.29, 0.717) is 0 Å². The van der Waals surface area contributed by atoms with E-state index in [0.717, 1.165) is 11.1 Å². The third-order valence-corrected chi connectivity index (χ3v) is 3.02. The van der Waals surface area contributed by atoms with Gasteiger partial charge in [-0.1, -0.05) is 54.2 Å². The van der Waals surface area contributed by atoms with E-state index in [1.54, 1.807) is 6.26 Å². The van der Waals surface area contributed by atoms with Crippen LogP contribution in [0.5, 0.6) is 0 Å². The molecule has 0 heterocycles. The Hall–Kier alpha value is -1.54. The number of hydrogen-bond donors (Lipinski definition) is 0. The average molecular weight is 228 g/mol. The summed E-state index contributed by atoms with van der Waals surface area (Å²) < 4.78 is 0. The molecule has 0 saturated carbocycles. The Balaban J connectivity index is 2.30. The maximum Gasteiger partial charge on any atom is 0.219 e. The molecule has 0 bridgehead atoms. The largest absolute Gasteiger partial charge is 0.282 e. The first-order chi connectivity index (χ1) is 7.81. The molecule has 2 aromatic carbocycles. The van der Waals surface area contributed by atoms with Gasteiger partial charge >= 0.3 is 0 Å². The van der Waals surface area contributed by atoms with E-state index < -0.39 is 0 Å². The monoisotopic (exact) mass is 228 g/mol. The zero-order chi connectivity index (χ0) is 11.4. The van der Waals surface area contributed by atoms with Crippen molar-refractivity contribution in [2.45, 2.75) is 0 Å². The Bertz CT molecular complexity index is 474. The van der Waals surface area contributed by atoms with Gasteiger partial charge in [-0.15, -0.1) is 0 Å². The molecule has 80 valence electrons. The van der Waals surface area contributed by atoms with Crippen molar-refractivity contribution in [1.29, 1.82) is 0 Å². The Morgan fingerprint density at radius 3 is 2.00 bits per heavy atom. The fourth-order valence-corrected chi connectivity index (χ4v) is 1.92. The topological polar surface area (TPSA) is 17.1 Å². The maximum absolute atomic E-state index is 11.4. The summed E-state index contributed by atoms with van der Waals surface area (Å²) in [5, 5.41) is 0.111. The van der Waals surface area contributed by atoms with Gasteiger partial charge in [-0.05, 0) is 29.5 Å². The predicted molar refractivity (Wildman–Crippen MR) is 69.7 cm³/mol. The van der Waals surface area contributed by atoms with Crippen LogP contribution in [-0.2, 0) is 0 Å². The molecule has 2 heteroatoms. The summed E-state index contributed by atoms with van der Waals surface area (Å²) in [4.78, 5) is 11.4. The average Bonchev–Trinajstić information content (AvgIpc) is 2.39. The quantitative estimate of drug-likeness (QED) is 0.776. The molecule has 16 heavy (non-hydrogen) atoms. The fraction of sp³-hybridized carbons (Fsp3) is 0.0714. The van der Waals surface area contributed by atoms with Crippen molar-refractivity contribution in [1.82, 2.24) is 0 Å². The van der Waals surface area contributed by atoms with Crippen LogP contribution in [0.4, 0.5) is 0 Å². The summed E-state index contributed by atoms with van der Waals surface area (Å²) in [7, 11) is 0. The number of thioether (sulfide) groups is 1. The SMILES string of the molecule is CSC(=O)c1ccc(-c2ccccc2)cc1. The van der Waals surface area contributed by atoms with Gasteiger partial charge in [0.05, 0.1) is 0 Å². The molecule has 0 aliphatic heterocycles. The summed E-state index contributed by atoms with van der Waals surface area (Å²) in [5.41, 5.74) is 3.07. The van der Waals surface area contributed by atoms with Crippen LogP contribution in [0.1, 0.15) is 10.4 Å². The molecule has 0 aliphatic rings. The number of carbonyl (C=O) groups excluding carboxylic acids is 1. The van der Waals surface area contributed by atoms with Crippen LogP contribution >= 0.6 is 11.8 Å². The Morgan fingerprint density at radius 2 is 1.44 bits per heavy atom. The second-order valence-corrected chi connectivity index (χ2v) is 4.21. The summed E-state index contributed by atoms with van der Waals surface area (Å²) in [5.74, 6) is 0. The molecule has 0 spiro atoms. The second-order valence-electron chi connectivity index (χ2n) is 3.43. The molecule has 0 N–H and O–H groups in total. The van der Waals surface area contributed by atoms with E-state index >= 15 is 0 Å². The first kappa shape index (κ1) is 11.0. The van der Waals surface area contributed by atoms with Crippen LogP contribution < -0.4 is 0 Å². The molecule has 0 fully saturated rings. The first-order valence-corrected chi connectivity index (χ1v) is 6.27. The van der Waals surface area contributed by atoms with Crippen LogP contribution in [0.15, 0.2) is 54.6 Å². The molecule has 0 atom stereocenters. The van der Waals surface area contributed by atoms with E-state index in [4.69, 9.17) is 0 Å². The van der Waals surface area contributed by atoms with Crippen molar-refractivity contribution < 1.29 is 4.79 Å². The Morgan fingerprint density at radius 1 is 0.875 bits per heavy atom. The van der Waals surface area contributed by atoms with Gasteiger partial charge in [0.1, 0.15) is 0 Å². The molecule has 0 amide bonds. The van der Waals surface area contributed by atoms with Gasteiger partial charge in [-0.25, -0.2) is 0 Å². The lowest BCUT2D eigenvalue weighted by atomic mass is 10.0. The van der Waals surface area contributed by atoms with Crippen molar-refractivity contribution in [3.05, 3.63) is 60.2 Å². The Kier molecular flexibility index (Phi) is 3.42. The minimum absolute atomic E-state index is 0.111. The van der Waals surface area contributed by atoms with E-state index in [1.165, 1.54) is 17.3 Å². The number of rotatable bonds is 2. The number of hydrogen-bond acceptors (Lipinski definition) is 2. The van der Waals surface area contributed by atoms with Crippen molar-refractivity contribution in [2.75, 3.05) is 6.26 Å². The second kappa shape index (κ2) is 4.99. The van der Waals surface area contributed by atoms with Crippen molar-refractivity contribution in [3.8, 4) is 11.1 Å². The third-order valence-electron chi connectivity index (χ3n) is 2.41. The molecule has 0 radical (unpaired) electrons. The standard InChI is InChI=1S/C14H12OS/c1-16-14(15)13-9-7-12(8-10-13)11-5-3-2-4-6-11/h2-10H,1H3. The highest BCUT2D eigenvalue weighted by Crippen LogP contribution is 2.20. The molecule has 2 rings (SSSR count). The van der Waals surface area contributed by atoms with Crippen molar-refractivity contribution in [3.63, 3.8) is 0 Å². The molecule has 2 aromatic rings. The minimum Gasteiger partial charge on any atom is -0.282 e. The number of carbonyl (C=O) groups is 1. The van der Waals surface area contributed by atoms with Crippen LogP contribution in [0, 0.1) is 0 Å². The Labute approximate surface area is 99.5 Å². The van der Waals surface area contributed by atoms with Gasteiger partial charge in [0.25, 0.3) is 0 Å². The van der Waals surface area contributed by atoms with Crippen molar-refractivity contribution in [2.24, 2.45) is 0 Å². The highest BCUT2D eigenvalue weighted by Gasteiger charge is 2.03. The normalized spacial score (nSPS) is 10.1. The van der Waals surface area contributed by atoms with Gasteiger partial charge in [-0.3, -0.25) is 4.79 Å². The maximum atomic E-state index is 11.4. The third kappa shape index (κ3) is 2.34. The predicted octanol–water partition coefficient (Wildman–Crippen LogP) is 3.86. The molecule has 0 aromatic heterocycles. The molecular weight excluding hydrogens is 216 g/mol. The highest BCUT2D eigenvalue weighted by atomic mass is 32.2. The molecule has 0 aliphatic carbocycles. The van der Waals surface area contributed by atoms with Crippen LogP contribution in [0.3, 0.4) is 0 Å². The van der Waals surface area contributed by atoms with Crippen LogP contribution in [0.25, 0.3) is 11.1 Å². The lowest BCUT2D eigenvalue weighted by Gasteiger charge is -2.02. The zero-order valence-electron chi connectivity index (χ0n) is 9.01. The minimum atomic E-state index is 0.111. The summed E-state index contributed by atoms with van der Waals surface area (Å²) in [6.07, 6.45) is 1.80. The number of benzene rings is 2. The van der Waals surface area contributed by atoms with Gasteiger partial charge in [-0.2, -0.15) is 0 Å². The summed E-state index contributed by atoms with van der Waals surface area (Å²) in [6, 6.07) is 17.9. The molecule has 0 unspecified atom stereocenters. The summed E-state index contributed by atoms with van der Waals surface area (Å²) in [6.45, 7) is 0. The van der Waals surface area contributed by atoms with E-state index in [9.17, 15) is 4.79 Å². The molecular formula is C14H12OS. The van der Waals surface area contributed by atoms with Gasteiger partial charge in [0.2, 0.25) is 5.12 Å². The van der Waals surface area contributed by atoms with Gasteiger partial charge in [0.15, 0.2) is 0 Å². The lowest BCUT2D eigenvalue weighted by molar-refractivity contribution is 0.108. The summed E-state index contributed by atoms with van der Waals surface area (Å²) >= 11 is 1.24. The van der Waals surface area contributed by atoms with Gasteiger partial charge in [0, 0.05) is 5.56 Å². The zero-order valence-corrected chi connectivity index (χ0v) is 9.83. The van der Waals surface area contributed by atoms with Crippen LogP contribution in [0.2, 0.25) is 0 Å². The van der Waals surface area contributed by atoms with E-state index in [-0.39, 0.29) is 5.12 Å². The fourth-order valence-electron chi connectivity index (χ4n) is 1.55. The molecule has 0 saturated heterocycles.